The number of benzene rings is 3. The molecule has 2 heterocycles. The summed E-state index contributed by atoms with van der Waals surface area (Å²) in [5, 5.41) is 47.9. The van der Waals surface area contributed by atoms with Gasteiger partial charge in [-0.05, 0) is 51.5 Å². The minimum Gasteiger partial charge on any atom is -0.505 e. The normalized spacial score (nSPS) is 28.2. The lowest BCUT2D eigenvalue weighted by molar-refractivity contribution is -0.112. The Hall–Kier alpha value is -5.08. The first-order valence-corrected chi connectivity index (χ1v) is 18.3. The van der Waals surface area contributed by atoms with Crippen LogP contribution in [0.2, 0.25) is 0 Å². The van der Waals surface area contributed by atoms with E-state index in [9.17, 15) is 34.8 Å². The summed E-state index contributed by atoms with van der Waals surface area (Å²) in [5.74, 6) is -4.80. The van der Waals surface area contributed by atoms with Gasteiger partial charge in [-0.3, -0.25) is 9.59 Å². The van der Waals surface area contributed by atoms with E-state index < -0.39 is 71.1 Å². The van der Waals surface area contributed by atoms with Crippen molar-refractivity contribution in [3.05, 3.63) is 81.3 Å². The summed E-state index contributed by atoms with van der Waals surface area (Å²) < 4.78 is 23.5. The molecule has 8 atom stereocenters. The SMILES string of the molecule is CCOc1c(C)c(=O)c2c(O)c3c4oc5cc(C)ccc5nc4c2c1C(=O)O/C=C/[C@H](OC)[C@@H](C)[C@@H](O)[C@H](C)[C@H](O)[C@H](C)[C@@H](O)[C@@H](C)/C=C/C=C(/C)C(=O)N3. The number of ether oxygens (including phenoxy) is 3. The van der Waals surface area contributed by atoms with Crippen LogP contribution in [0.25, 0.3) is 33.0 Å². The van der Waals surface area contributed by atoms with Gasteiger partial charge in [0.05, 0.1) is 42.7 Å². The number of allylic oxidation sites excluding steroid dienone is 2. The molecule has 0 spiro atoms. The third-order valence-corrected chi connectivity index (χ3v) is 10.7. The van der Waals surface area contributed by atoms with Gasteiger partial charge in [0, 0.05) is 47.3 Å². The Balaban J connectivity index is 1.83. The zero-order chi connectivity index (χ0) is 40.5. The molecule has 0 saturated heterocycles. The monoisotopic (exact) mass is 758 g/mol. The number of phenolic OH excluding ortho intramolecular Hbond substituents is 1. The van der Waals surface area contributed by atoms with Crippen molar-refractivity contribution in [2.24, 2.45) is 23.7 Å². The number of methoxy groups -OCH3 is 1. The number of phenols is 1. The highest BCUT2D eigenvalue weighted by Crippen LogP contribution is 2.44. The van der Waals surface area contributed by atoms with E-state index in [-0.39, 0.29) is 56.6 Å². The van der Waals surface area contributed by atoms with Crippen molar-refractivity contribution >= 4 is 50.5 Å². The molecule has 13 heteroatoms. The minimum atomic E-state index is -1.11. The topological polar surface area (TPSA) is 198 Å². The van der Waals surface area contributed by atoms with Gasteiger partial charge in [0.25, 0.3) is 5.91 Å². The highest BCUT2D eigenvalue weighted by Gasteiger charge is 2.37. The van der Waals surface area contributed by atoms with Crippen molar-refractivity contribution in [3.8, 4) is 11.5 Å². The quantitative estimate of drug-likeness (QED) is 0.0710. The molecule has 2 bridgehead atoms. The molecule has 13 nitrogen and oxygen atoms in total. The smallest absolute Gasteiger partial charge is 0.347 e. The molecule has 1 aromatic heterocycles. The number of rotatable bonds is 3. The lowest BCUT2D eigenvalue weighted by Gasteiger charge is -2.36. The molecule has 0 fully saturated rings. The van der Waals surface area contributed by atoms with Gasteiger partial charge in [0.1, 0.15) is 28.0 Å². The average molecular weight is 759 g/mol. The van der Waals surface area contributed by atoms with Crippen LogP contribution in [0.4, 0.5) is 5.69 Å². The number of nitrogens with one attached hydrogen (secondary N) is 1. The van der Waals surface area contributed by atoms with Gasteiger partial charge in [-0.2, -0.15) is 0 Å². The number of carbonyl (C=O) groups is 2. The van der Waals surface area contributed by atoms with E-state index in [0.717, 1.165) is 11.8 Å². The molecular weight excluding hydrogens is 708 g/mol. The summed E-state index contributed by atoms with van der Waals surface area (Å²) in [7, 11) is 1.42. The molecule has 0 aliphatic carbocycles. The van der Waals surface area contributed by atoms with Gasteiger partial charge in [0.2, 0.25) is 0 Å². The van der Waals surface area contributed by atoms with Gasteiger partial charge < -0.3 is 44.4 Å². The molecule has 1 aliphatic rings. The number of aliphatic hydroxyl groups excluding tert-OH is 3. The van der Waals surface area contributed by atoms with Gasteiger partial charge in [-0.25, -0.2) is 9.78 Å². The summed E-state index contributed by atoms with van der Waals surface area (Å²) in [6, 6.07) is 5.24. The Morgan fingerprint density at radius 3 is 2.25 bits per heavy atom. The second-order valence-corrected chi connectivity index (χ2v) is 14.5. The Bertz CT molecular complexity index is 2270. The molecular formula is C42H50N2O11. The summed E-state index contributed by atoms with van der Waals surface area (Å²) in [6.45, 7) is 13.4. The summed E-state index contributed by atoms with van der Waals surface area (Å²) in [6.07, 6.45) is 3.31. The first kappa shape index (κ1) is 41.1. The summed E-state index contributed by atoms with van der Waals surface area (Å²) in [4.78, 5) is 46.8. The Kier molecular flexibility index (Phi) is 12.5. The van der Waals surface area contributed by atoms with E-state index in [2.05, 4.69) is 5.32 Å². The van der Waals surface area contributed by atoms with Crippen LogP contribution < -0.4 is 15.5 Å². The number of aliphatic hydroxyl groups is 3. The molecule has 0 unspecified atom stereocenters. The van der Waals surface area contributed by atoms with Crippen LogP contribution in [0.3, 0.4) is 0 Å². The number of aromatic hydroxyl groups is 1. The van der Waals surface area contributed by atoms with Crippen LogP contribution in [0, 0.1) is 37.5 Å². The van der Waals surface area contributed by atoms with Crippen LogP contribution in [-0.2, 0) is 14.3 Å². The fourth-order valence-electron chi connectivity index (χ4n) is 7.14. The van der Waals surface area contributed by atoms with Crippen molar-refractivity contribution in [2.45, 2.75) is 79.8 Å². The molecule has 4 aromatic rings. The number of esters is 1. The Morgan fingerprint density at radius 1 is 0.909 bits per heavy atom. The summed E-state index contributed by atoms with van der Waals surface area (Å²) >= 11 is 0. The van der Waals surface area contributed by atoms with Gasteiger partial charge in [-0.15, -0.1) is 0 Å². The lowest BCUT2D eigenvalue weighted by atomic mass is 9.78. The molecule has 0 saturated carbocycles. The number of cyclic esters (lactones) is 1. The van der Waals surface area contributed by atoms with E-state index in [1.807, 2.05) is 13.0 Å². The maximum atomic E-state index is 14.2. The van der Waals surface area contributed by atoms with Crippen LogP contribution >= 0.6 is 0 Å². The Labute approximate surface area is 318 Å². The summed E-state index contributed by atoms with van der Waals surface area (Å²) in [5.41, 5.74) is 0.445. The van der Waals surface area contributed by atoms with E-state index in [4.69, 9.17) is 23.6 Å². The number of nitrogens with zero attached hydrogens (tertiary/aromatic N) is 1. The zero-order valence-electron chi connectivity index (χ0n) is 32.5. The fourth-order valence-corrected chi connectivity index (χ4v) is 7.14. The first-order valence-electron chi connectivity index (χ1n) is 18.3. The number of anilines is 1. The lowest BCUT2D eigenvalue weighted by Crippen LogP contribution is -2.44. The van der Waals surface area contributed by atoms with Crippen molar-refractivity contribution in [1.82, 2.24) is 4.98 Å². The molecule has 294 valence electrons. The predicted molar refractivity (Wildman–Crippen MR) is 209 cm³/mol. The maximum Gasteiger partial charge on any atom is 0.347 e. The molecule has 5 N–H and O–H groups in total. The highest BCUT2D eigenvalue weighted by atomic mass is 16.5. The molecule has 1 amide bonds. The number of amides is 1. The van der Waals surface area contributed by atoms with E-state index in [0.29, 0.717) is 11.1 Å². The van der Waals surface area contributed by atoms with Crippen LogP contribution in [0.1, 0.15) is 63.0 Å². The molecule has 0 radical (unpaired) electrons. The fraction of sp³-hybridized carbons (Fsp3) is 0.429. The van der Waals surface area contributed by atoms with Gasteiger partial charge in [-0.1, -0.05) is 52.0 Å². The second kappa shape index (κ2) is 16.7. The van der Waals surface area contributed by atoms with Gasteiger partial charge in [0.15, 0.2) is 22.3 Å². The number of carbonyl (C=O) groups excluding carboxylic acids is 2. The zero-order valence-corrected chi connectivity index (χ0v) is 32.5. The van der Waals surface area contributed by atoms with Crippen molar-refractivity contribution in [1.29, 1.82) is 0 Å². The average Bonchev–Trinajstić information content (AvgIpc) is 3.16. The number of aromatic nitrogens is 1. The number of hydrogen-bond acceptors (Lipinski definition) is 12. The molecule has 55 heavy (non-hydrogen) atoms. The maximum absolute atomic E-state index is 14.2. The first-order chi connectivity index (χ1) is 26.0. The molecule has 3 aromatic carbocycles. The largest absolute Gasteiger partial charge is 0.505 e. The van der Waals surface area contributed by atoms with E-state index in [1.165, 1.54) is 26.2 Å². The van der Waals surface area contributed by atoms with Crippen molar-refractivity contribution in [2.75, 3.05) is 19.0 Å². The third kappa shape index (κ3) is 7.88. The minimum absolute atomic E-state index is 0.00175. The highest BCUT2D eigenvalue weighted by molar-refractivity contribution is 6.23. The van der Waals surface area contributed by atoms with Crippen molar-refractivity contribution in [3.63, 3.8) is 0 Å². The molecule has 1 aliphatic heterocycles. The Morgan fingerprint density at radius 2 is 1.58 bits per heavy atom. The van der Waals surface area contributed by atoms with Gasteiger partial charge >= 0.3 is 5.97 Å². The number of fused-ring (bicyclic) bond motifs is 1. The van der Waals surface area contributed by atoms with Crippen LogP contribution in [-0.4, -0.2) is 75.4 Å². The molecule has 5 rings (SSSR count). The second-order valence-electron chi connectivity index (χ2n) is 14.5. The number of hydrogen-bond donors (Lipinski definition) is 5. The predicted octanol–water partition coefficient (Wildman–Crippen LogP) is 5.98. The van der Waals surface area contributed by atoms with E-state index in [1.54, 1.807) is 65.8 Å². The van der Waals surface area contributed by atoms with E-state index >= 15 is 0 Å². The standard InChI is InChI=1S/C42H50N2O11/c1-10-53-39-25(8)37(48)30-29-31(39)42(51)54-17-16-27(52-9)22(5)35(46)24(7)36(47)23(6)34(45)20(3)12-11-13-21(4)41(50)44-33(38(30)49)40-32(29)43-26-15-14-19(2)18-28(26)55-40/h11-18,20,22-24,27,34-36,45-47,49H,10H2,1-9H3,(H,44,50)/b12-11+,17-16+,21-13-/t20-,22+,23+,24-,27-,34-,35+,36+/m0/s1. The van der Waals surface area contributed by atoms with Crippen molar-refractivity contribution < 1.29 is 48.6 Å². The van der Waals surface area contributed by atoms with Crippen LogP contribution in [0.5, 0.6) is 11.5 Å². The number of aryl methyl sites for hydroxylation is 1. The van der Waals surface area contributed by atoms with Crippen LogP contribution in [0.15, 0.2) is 63.6 Å². The third-order valence-electron chi connectivity index (χ3n) is 10.7.